The van der Waals surface area contributed by atoms with Gasteiger partial charge in [0.2, 0.25) is 0 Å². The summed E-state index contributed by atoms with van der Waals surface area (Å²) in [5, 5.41) is 3.95. The summed E-state index contributed by atoms with van der Waals surface area (Å²) in [6, 6.07) is 8.07. The maximum absolute atomic E-state index is 12.7. The normalized spacial score (nSPS) is 10.9. The van der Waals surface area contributed by atoms with Crippen molar-refractivity contribution in [1.29, 1.82) is 0 Å². The van der Waals surface area contributed by atoms with Crippen LogP contribution in [-0.2, 0) is 0 Å². The molecule has 3 heteroatoms. The molecule has 1 heterocycles. The molecule has 1 aromatic heterocycles. The van der Waals surface area contributed by atoms with Gasteiger partial charge in [-0.1, -0.05) is 19.0 Å². The van der Waals surface area contributed by atoms with Gasteiger partial charge in [0.05, 0.1) is 5.69 Å². The molecule has 0 aliphatic heterocycles. The first kappa shape index (κ1) is 9.90. The van der Waals surface area contributed by atoms with Gasteiger partial charge >= 0.3 is 0 Å². The molecule has 0 fully saturated rings. The van der Waals surface area contributed by atoms with Crippen LogP contribution in [0, 0.1) is 5.82 Å². The van der Waals surface area contributed by atoms with Gasteiger partial charge in [0.15, 0.2) is 5.76 Å². The molecule has 0 atom stereocenters. The van der Waals surface area contributed by atoms with Crippen LogP contribution in [0.3, 0.4) is 0 Å². The molecule has 2 rings (SSSR count). The topological polar surface area (TPSA) is 26.0 Å². The van der Waals surface area contributed by atoms with Crippen molar-refractivity contribution in [2.45, 2.75) is 19.8 Å². The van der Waals surface area contributed by atoms with Gasteiger partial charge in [-0.3, -0.25) is 0 Å². The van der Waals surface area contributed by atoms with Crippen LogP contribution in [0.25, 0.3) is 11.3 Å². The molecule has 1 aromatic carbocycles. The van der Waals surface area contributed by atoms with Crippen molar-refractivity contribution in [1.82, 2.24) is 5.16 Å². The highest BCUT2D eigenvalue weighted by atomic mass is 19.1. The second-order valence-corrected chi connectivity index (χ2v) is 3.78. The summed E-state index contributed by atoms with van der Waals surface area (Å²) in [6.45, 7) is 4.10. The van der Waals surface area contributed by atoms with E-state index in [9.17, 15) is 4.39 Å². The van der Waals surface area contributed by atoms with Crippen molar-refractivity contribution < 1.29 is 8.91 Å². The minimum absolute atomic E-state index is 0.248. The number of nitrogens with zero attached hydrogens (tertiary/aromatic N) is 1. The van der Waals surface area contributed by atoms with Gasteiger partial charge in [0.25, 0.3) is 0 Å². The first-order chi connectivity index (χ1) is 7.16. The van der Waals surface area contributed by atoms with Crippen LogP contribution < -0.4 is 0 Å². The Morgan fingerprint density at radius 2 is 1.87 bits per heavy atom. The van der Waals surface area contributed by atoms with Gasteiger partial charge < -0.3 is 4.52 Å². The van der Waals surface area contributed by atoms with Crippen molar-refractivity contribution in [3.63, 3.8) is 0 Å². The molecule has 15 heavy (non-hydrogen) atoms. The standard InChI is InChI=1S/C12H12FNO/c1-8(2)11-7-12(15-14-11)9-3-5-10(13)6-4-9/h3-8H,1-2H3. The quantitative estimate of drug-likeness (QED) is 0.748. The minimum atomic E-state index is -0.248. The molecule has 0 bridgehead atoms. The summed E-state index contributed by atoms with van der Waals surface area (Å²) >= 11 is 0. The van der Waals surface area contributed by atoms with Gasteiger partial charge in [-0.05, 0) is 30.2 Å². The van der Waals surface area contributed by atoms with E-state index < -0.39 is 0 Å². The summed E-state index contributed by atoms with van der Waals surface area (Å²) in [5.74, 6) is 0.768. The first-order valence-electron chi connectivity index (χ1n) is 4.89. The lowest BCUT2D eigenvalue weighted by Gasteiger charge is -1.94. The van der Waals surface area contributed by atoms with Crippen LogP contribution in [0.5, 0.6) is 0 Å². The van der Waals surface area contributed by atoms with E-state index in [4.69, 9.17) is 4.52 Å². The Balaban J connectivity index is 2.33. The second-order valence-electron chi connectivity index (χ2n) is 3.78. The van der Waals surface area contributed by atoms with E-state index in [1.54, 1.807) is 12.1 Å². The molecule has 0 amide bonds. The van der Waals surface area contributed by atoms with Gasteiger partial charge in [-0.2, -0.15) is 0 Å². The Bertz CT molecular complexity index is 445. The molecule has 0 N–H and O–H groups in total. The highest BCUT2D eigenvalue weighted by Gasteiger charge is 2.08. The lowest BCUT2D eigenvalue weighted by molar-refractivity contribution is 0.420. The first-order valence-corrected chi connectivity index (χ1v) is 4.89. The van der Waals surface area contributed by atoms with Crippen molar-refractivity contribution in [2.24, 2.45) is 0 Å². The zero-order valence-electron chi connectivity index (χ0n) is 8.70. The molecular weight excluding hydrogens is 193 g/mol. The smallest absolute Gasteiger partial charge is 0.167 e. The van der Waals surface area contributed by atoms with Crippen LogP contribution in [-0.4, -0.2) is 5.16 Å². The lowest BCUT2D eigenvalue weighted by Crippen LogP contribution is -1.84. The highest BCUT2D eigenvalue weighted by Crippen LogP contribution is 2.23. The molecule has 0 aliphatic rings. The summed E-state index contributed by atoms with van der Waals surface area (Å²) in [5.41, 5.74) is 1.75. The van der Waals surface area contributed by atoms with E-state index >= 15 is 0 Å². The number of hydrogen-bond acceptors (Lipinski definition) is 2. The molecule has 2 aromatic rings. The fourth-order valence-corrected chi connectivity index (χ4v) is 1.31. The van der Waals surface area contributed by atoms with Crippen LogP contribution in [0.2, 0.25) is 0 Å². The van der Waals surface area contributed by atoms with Crippen LogP contribution in [0.1, 0.15) is 25.5 Å². The van der Waals surface area contributed by atoms with Gasteiger partial charge in [0.1, 0.15) is 5.82 Å². The third-order valence-electron chi connectivity index (χ3n) is 2.25. The molecule has 0 spiro atoms. The Morgan fingerprint density at radius 3 is 2.40 bits per heavy atom. The average molecular weight is 205 g/mol. The van der Waals surface area contributed by atoms with Gasteiger partial charge in [-0.15, -0.1) is 0 Å². The third kappa shape index (κ3) is 2.06. The molecule has 0 radical (unpaired) electrons. The fourth-order valence-electron chi connectivity index (χ4n) is 1.31. The molecule has 0 aliphatic carbocycles. The zero-order valence-corrected chi connectivity index (χ0v) is 8.70. The Labute approximate surface area is 87.7 Å². The number of aromatic nitrogens is 1. The number of rotatable bonds is 2. The van der Waals surface area contributed by atoms with Crippen LogP contribution >= 0.6 is 0 Å². The summed E-state index contributed by atoms with van der Waals surface area (Å²) in [4.78, 5) is 0. The van der Waals surface area contributed by atoms with Crippen molar-refractivity contribution in [3.8, 4) is 11.3 Å². The predicted molar refractivity (Wildman–Crippen MR) is 56.0 cm³/mol. The molecule has 0 saturated heterocycles. The molecular formula is C12H12FNO. The monoisotopic (exact) mass is 205 g/mol. The van der Waals surface area contributed by atoms with E-state index in [1.165, 1.54) is 12.1 Å². The maximum atomic E-state index is 12.7. The minimum Gasteiger partial charge on any atom is -0.356 e. The van der Waals surface area contributed by atoms with E-state index in [2.05, 4.69) is 5.16 Å². The summed E-state index contributed by atoms with van der Waals surface area (Å²) in [6.07, 6.45) is 0. The molecule has 2 nitrogen and oxygen atoms in total. The lowest BCUT2D eigenvalue weighted by atomic mass is 10.1. The van der Waals surface area contributed by atoms with Crippen LogP contribution in [0.4, 0.5) is 4.39 Å². The maximum Gasteiger partial charge on any atom is 0.167 e. The van der Waals surface area contributed by atoms with Crippen molar-refractivity contribution in [3.05, 3.63) is 41.8 Å². The molecule has 0 saturated carbocycles. The van der Waals surface area contributed by atoms with E-state index in [0.29, 0.717) is 11.7 Å². The summed E-state index contributed by atoms with van der Waals surface area (Å²) < 4.78 is 17.9. The molecule has 0 unspecified atom stereocenters. The van der Waals surface area contributed by atoms with E-state index in [-0.39, 0.29) is 5.82 Å². The SMILES string of the molecule is CC(C)c1cc(-c2ccc(F)cc2)on1. The van der Waals surface area contributed by atoms with E-state index in [0.717, 1.165) is 11.3 Å². The Morgan fingerprint density at radius 1 is 1.20 bits per heavy atom. The highest BCUT2D eigenvalue weighted by molar-refractivity contribution is 5.57. The number of halogens is 1. The van der Waals surface area contributed by atoms with E-state index in [1.807, 2.05) is 19.9 Å². The zero-order chi connectivity index (χ0) is 10.8. The fraction of sp³-hybridized carbons (Fsp3) is 0.250. The summed E-state index contributed by atoms with van der Waals surface area (Å²) in [7, 11) is 0. The Hall–Kier alpha value is -1.64. The number of hydrogen-bond donors (Lipinski definition) is 0. The number of benzene rings is 1. The predicted octanol–water partition coefficient (Wildman–Crippen LogP) is 3.60. The third-order valence-corrected chi connectivity index (χ3v) is 2.25. The van der Waals surface area contributed by atoms with Crippen LogP contribution in [0.15, 0.2) is 34.9 Å². The van der Waals surface area contributed by atoms with Crippen molar-refractivity contribution >= 4 is 0 Å². The van der Waals surface area contributed by atoms with Gasteiger partial charge in [0, 0.05) is 11.6 Å². The Kier molecular flexibility index (Phi) is 2.54. The molecule has 78 valence electrons. The van der Waals surface area contributed by atoms with Gasteiger partial charge in [-0.25, -0.2) is 4.39 Å². The van der Waals surface area contributed by atoms with Crippen molar-refractivity contribution in [2.75, 3.05) is 0 Å². The largest absolute Gasteiger partial charge is 0.356 e. The second kappa shape index (κ2) is 3.85. The average Bonchev–Trinajstić information content (AvgIpc) is 2.68.